The zero-order valence-corrected chi connectivity index (χ0v) is 13.5. The number of furan rings is 1. The Bertz CT molecular complexity index is 562. The van der Waals surface area contributed by atoms with E-state index in [1.807, 2.05) is 18.2 Å². The zero-order chi connectivity index (χ0) is 14.8. The second kappa shape index (κ2) is 6.10. The number of rotatable bonds is 5. The number of hydrogen-bond donors (Lipinski definition) is 1. The summed E-state index contributed by atoms with van der Waals surface area (Å²) in [6.45, 7) is 7.14. The molecule has 0 fully saturated rings. The summed E-state index contributed by atoms with van der Waals surface area (Å²) in [5.74, 6) is 0.643. The summed E-state index contributed by atoms with van der Waals surface area (Å²) >= 11 is 3.52. The van der Waals surface area contributed by atoms with Crippen LogP contribution < -0.4 is 5.32 Å². The van der Waals surface area contributed by atoms with Gasteiger partial charge in [-0.2, -0.15) is 0 Å². The molecule has 0 radical (unpaired) electrons. The standard InChI is InChI=1S/C16H19BrFNO/c1-4-19-15(14-13(17)9-10-20-14)16(2,3)11-5-7-12(18)8-6-11/h5-10,15,19H,4H2,1-3H3. The maximum absolute atomic E-state index is 13.1. The lowest BCUT2D eigenvalue weighted by Gasteiger charge is -2.34. The summed E-state index contributed by atoms with van der Waals surface area (Å²) in [6.07, 6.45) is 1.67. The summed E-state index contributed by atoms with van der Waals surface area (Å²) in [5, 5.41) is 3.46. The Morgan fingerprint density at radius 3 is 2.40 bits per heavy atom. The maximum Gasteiger partial charge on any atom is 0.135 e. The predicted molar refractivity (Wildman–Crippen MR) is 82.3 cm³/mol. The second-order valence-corrected chi connectivity index (χ2v) is 6.21. The molecule has 2 nitrogen and oxygen atoms in total. The van der Waals surface area contributed by atoms with Crippen molar-refractivity contribution in [2.45, 2.75) is 32.2 Å². The maximum atomic E-state index is 13.1. The molecule has 1 atom stereocenters. The molecule has 0 saturated carbocycles. The fraction of sp³-hybridized carbons (Fsp3) is 0.375. The van der Waals surface area contributed by atoms with E-state index in [1.165, 1.54) is 12.1 Å². The van der Waals surface area contributed by atoms with Crippen LogP contribution in [0.5, 0.6) is 0 Å². The van der Waals surface area contributed by atoms with Gasteiger partial charge >= 0.3 is 0 Å². The number of benzene rings is 1. The highest BCUT2D eigenvalue weighted by molar-refractivity contribution is 9.10. The SMILES string of the molecule is CCNC(c1occc1Br)C(C)(C)c1ccc(F)cc1. The lowest BCUT2D eigenvalue weighted by Crippen LogP contribution is -2.37. The molecule has 0 spiro atoms. The van der Waals surface area contributed by atoms with Crippen LogP contribution in [0.15, 0.2) is 45.5 Å². The average Bonchev–Trinajstić information content (AvgIpc) is 2.82. The molecular weight excluding hydrogens is 321 g/mol. The van der Waals surface area contributed by atoms with E-state index in [9.17, 15) is 4.39 Å². The Kier molecular flexibility index (Phi) is 4.66. The Morgan fingerprint density at radius 2 is 1.90 bits per heavy atom. The number of hydrogen-bond acceptors (Lipinski definition) is 2. The molecule has 1 aromatic heterocycles. The molecule has 1 aromatic carbocycles. The van der Waals surface area contributed by atoms with Crippen molar-refractivity contribution in [2.75, 3.05) is 6.54 Å². The summed E-state index contributed by atoms with van der Waals surface area (Å²) in [7, 11) is 0. The van der Waals surface area contributed by atoms with Gasteiger partial charge in [0.15, 0.2) is 0 Å². The van der Waals surface area contributed by atoms with Gasteiger partial charge in [0.25, 0.3) is 0 Å². The van der Waals surface area contributed by atoms with Gasteiger partial charge in [-0.3, -0.25) is 0 Å². The van der Waals surface area contributed by atoms with Gasteiger partial charge in [-0.1, -0.05) is 32.9 Å². The Balaban J connectivity index is 2.41. The fourth-order valence-electron chi connectivity index (χ4n) is 2.44. The molecule has 1 N–H and O–H groups in total. The molecule has 1 heterocycles. The van der Waals surface area contributed by atoms with Gasteiger partial charge < -0.3 is 9.73 Å². The van der Waals surface area contributed by atoms with E-state index >= 15 is 0 Å². The molecule has 108 valence electrons. The lowest BCUT2D eigenvalue weighted by molar-refractivity contribution is 0.300. The number of likely N-dealkylation sites (N-methyl/N-ethyl adjacent to an activating group) is 1. The van der Waals surface area contributed by atoms with Crippen LogP contribution in [0.1, 0.15) is 38.1 Å². The third-order valence-corrected chi connectivity index (χ3v) is 4.28. The molecule has 0 saturated heterocycles. The van der Waals surface area contributed by atoms with Crippen LogP contribution >= 0.6 is 15.9 Å². The minimum absolute atomic E-state index is 0.00216. The Morgan fingerprint density at radius 1 is 1.25 bits per heavy atom. The highest BCUT2D eigenvalue weighted by atomic mass is 79.9. The van der Waals surface area contributed by atoms with Gasteiger partial charge in [0.05, 0.1) is 16.8 Å². The van der Waals surface area contributed by atoms with Crippen molar-refractivity contribution in [3.8, 4) is 0 Å². The first-order valence-corrected chi connectivity index (χ1v) is 7.48. The molecule has 0 aliphatic heterocycles. The smallest absolute Gasteiger partial charge is 0.135 e. The van der Waals surface area contributed by atoms with Crippen LogP contribution in [0.25, 0.3) is 0 Å². The minimum atomic E-state index is -0.232. The van der Waals surface area contributed by atoms with Crippen LogP contribution in [0, 0.1) is 5.82 Å². The van der Waals surface area contributed by atoms with Gasteiger partial charge in [0.1, 0.15) is 11.6 Å². The summed E-state index contributed by atoms with van der Waals surface area (Å²) < 4.78 is 19.7. The van der Waals surface area contributed by atoms with E-state index in [-0.39, 0.29) is 17.3 Å². The molecule has 0 amide bonds. The zero-order valence-electron chi connectivity index (χ0n) is 11.9. The summed E-state index contributed by atoms with van der Waals surface area (Å²) in [4.78, 5) is 0. The predicted octanol–water partition coefficient (Wildman–Crippen LogP) is 4.81. The fourth-order valence-corrected chi connectivity index (χ4v) is 2.87. The summed E-state index contributed by atoms with van der Waals surface area (Å²) in [6, 6.07) is 8.55. The second-order valence-electron chi connectivity index (χ2n) is 5.35. The molecule has 2 rings (SSSR count). The van der Waals surface area contributed by atoms with E-state index in [2.05, 4.69) is 42.0 Å². The largest absolute Gasteiger partial charge is 0.466 e. The Labute approximate surface area is 127 Å². The highest BCUT2D eigenvalue weighted by Gasteiger charge is 2.35. The van der Waals surface area contributed by atoms with Crippen LogP contribution in [-0.4, -0.2) is 6.54 Å². The topological polar surface area (TPSA) is 25.2 Å². The van der Waals surface area contributed by atoms with Crippen LogP contribution in [0.3, 0.4) is 0 Å². The van der Waals surface area contributed by atoms with Crippen molar-refractivity contribution in [2.24, 2.45) is 0 Å². The van der Waals surface area contributed by atoms with Crippen molar-refractivity contribution >= 4 is 15.9 Å². The van der Waals surface area contributed by atoms with E-state index in [1.54, 1.807) is 6.26 Å². The van der Waals surface area contributed by atoms with Crippen LogP contribution in [-0.2, 0) is 5.41 Å². The molecular formula is C16H19BrFNO. The average molecular weight is 340 g/mol. The van der Waals surface area contributed by atoms with Gasteiger partial charge in [-0.25, -0.2) is 4.39 Å². The monoisotopic (exact) mass is 339 g/mol. The van der Waals surface area contributed by atoms with Gasteiger partial charge in [0, 0.05) is 5.41 Å². The van der Waals surface area contributed by atoms with Crippen molar-refractivity contribution in [1.29, 1.82) is 0 Å². The van der Waals surface area contributed by atoms with Crippen molar-refractivity contribution in [3.63, 3.8) is 0 Å². The molecule has 2 aromatic rings. The van der Waals surface area contributed by atoms with Crippen molar-refractivity contribution in [3.05, 3.63) is 58.2 Å². The Hall–Kier alpha value is -1.13. The highest BCUT2D eigenvalue weighted by Crippen LogP contribution is 2.39. The molecule has 0 bridgehead atoms. The number of halogens is 2. The van der Waals surface area contributed by atoms with E-state index in [0.29, 0.717) is 0 Å². The molecule has 0 aliphatic rings. The quantitative estimate of drug-likeness (QED) is 0.845. The normalized spacial score (nSPS) is 13.4. The van der Waals surface area contributed by atoms with Crippen molar-refractivity contribution < 1.29 is 8.81 Å². The van der Waals surface area contributed by atoms with Gasteiger partial charge in [0.2, 0.25) is 0 Å². The third-order valence-electron chi connectivity index (χ3n) is 3.63. The molecule has 4 heteroatoms. The van der Waals surface area contributed by atoms with E-state index in [0.717, 1.165) is 22.3 Å². The molecule has 20 heavy (non-hydrogen) atoms. The van der Waals surface area contributed by atoms with Gasteiger partial charge in [-0.15, -0.1) is 0 Å². The lowest BCUT2D eigenvalue weighted by atomic mass is 9.76. The third kappa shape index (κ3) is 2.96. The summed E-state index contributed by atoms with van der Waals surface area (Å²) in [5.41, 5.74) is 0.831. The van der Waals surface area contributed by atoms with Crippen molar-refractivity contribution in [1.82, 2.24) is 5.32 Å². The van der Waals surface area contributed by atoms with Gasteiger partial charge in [-0.05, 0) is 46.2 Å². The first-order chi connectivity index (χ1) is 9.46. The molecule has 0 aliphatic carbocycles. The van der Waals surface area contributed by atoms with E-state index in [4.69, 9.17) is 4.42 Å². The number of nitrogens with one attached hydrogen (secondary N) is 1. The minimum Gasteiger partial charge on any atom is -0.466 e. The first kappa shape index (κ1) is 15.3. The molecule has 1 unspecified atom stereocenters. The van der Waals surface area contributed by atoms with Crippen LogP contribution in [0.2, 0.25) is 0 Å². The van der Waals surface area contributed by atoms with Crippen LogP contribution in [0.4, 0.5) is 4.39 Å². The van der Waals surface area contributed by atoms with E-state index < -0.39 is 0 Å². The first-order valence-electron chi connectivity index (χ1n) is 6.69.